The van der Waals surface area contributed by atoms with Gasteiger partial charge in [0.05, 0.1) is 22.3 Å². The van der Waals surface area contributed by atoms with Crippen molar-refractivity contribution >= 4 is 34.8 Å². The number of nitrogens with one attached hydrogen (secondary N) is 1. The van der Waals surface area contributed by atoms with Crippen LogP contribution in [0.3, 0.4) is 0 Å². The fraction of sp³-hybridized carbons (Fsp3) is 0.500. The maximum atomic E-state index is 12.0. The molecule has 1 rings (SSSR count). The number of carbonyl (C=O) groups is 1. The van der Waals surface area contributed by atoms with Crippen molar-refractivity contribution in [3.8, 4) is 0 Å². The number of anilines is 1. The molecule has 106 valence electrons. The summed E-state index contributed by atoms with van der Waals surface area (Å²) in [7, 11) is 0. The fourth-order valence-electron chi connectivity index (χ4n) is 1.90. The first-order valence-electron chi connectivity index (χ1n) is 6.54. The summed E-state index contributed by atoms with van der Waals surface area (Å²) in [6.07, 6.45) is 2.07. The Hall–Kier alpha value is -0.770. The van der Waals surface area contributed by atoms with Gasteiger partial charge in [-0.2, -0.15) is 0 Å². The summed E-state index contributed by atoms with van der Waals surface area (Å²) in [5.74, 6) is -0.0638. The normalized spacial score (nSPS) is 10.8. The van der Waals surface area contributed by atoms with Gasteiger partial charge < -0.3 is 5.32 Å². The van der Waals surface area contributed by atoms with Gasteiger partial charge in [-0.05, 0) is 38.1 Å². The molecule has 0 unspecified atom stereocenters. The third kappa shape index (κ3) is 5.39. The van der Waals surface area contributed by atoms with Crippen molar-refractivity contribution in [2.75, 3.05) is 25.0 Å². The van der Waals surface area contributed by atoms with Crippen LogP contribution in [0.1, 0.15) is 26.7 Å². The summed E-state index contributed by atoms with van der Waals surface area (Å²) in [6, 6.07) is 5.20. The van der Waals surface area contributed by atoms with Crippen LogP contribution in [0.2, 0.25) is 10.0 Å². The number of rotatable bonds is 7. The maximum absolute atomic E-state index is 12.0. The molecular weight excluding hydrogens is 283 g/mol. The first kappa shape index (κ1) is 16.3. The lowest BCUT2D eigenvalue weighted by Gasteiger charge is -2.20. The van der Waals surface area contributed by atoms with E-state index >= 15 is 0 Å². The number of halogens is 2. The molecule has 0 spiro atoms. The Morgan fingerprint density at radius 3 is 2.42 bits per heavy atom. The molecule has 1 N–H and O–H groups in total. The molecule has 0 atom stereocenters. The van der Waals surface area contributed by atoms with Crippen LogP contribution in [0.25, 0.3) is 0 Å². The van der Waals surface area contributed by atoms with Gasteiger partial charge in [0, 0.05) is 0 Å². The minimum atomic E-state index is -0.0638. The third-order valence-corrected chi connectivity index (χ3v) is 3.49. The van der Waals surface area contributed by atoms with Crippen molar-refractivity contribution in [2.24, 2.45) is 0 Å². The van der Waals surface area contributed by atoms with Crippen LogP contribution < -0.4 is 5.32 Å². The van der Waals surface area contributed by atoms with E-state index in [9.17, 15) is 4.79 Å². The maximum Gasteiger partial charge on any atom is 0.238 e. The number of hydrogen-bond acceptors (Lipinski definition) is 2. The highest BCUT2D eigenvalue weighted by atomic mass is 35.5. The lowest BCUT2D eigenvalue weighted by molar-refractivity contribution is -0.117. The van der Waals surface area contributed by atoms with E-state index in [1.165, 1.54) is 0 Å². The Bertz CT molecular complexity index is 418. The minimum Gasteiger partial charge on any atom is -0.324 e. The molecule has 0 bridgehead atoms. The monoisotopic (exact) mass is 302 g/mol. The van der Waals surface area contributed by atoms with E-state index in [-0.39, 0.29) is 5.91 Å². The highest BCUT2D eigenvalue weighted by molar-refractivity contribution is 6.43. The minimum absolute atomic E-state index is 0.0638. The highest BCUT2D eigenvalue weighted by Gasteiger charge is 2.11. The van der Waals surface area contributed by atoms with Gasteiger partial charge in [0.25, 0.3) is 0 Å². The summed E-state index contributed by atoms with van der Waals surface area (Å²) >= 11 is 11.9. The van der Waals surface area contributed by atoms with Crippen molar-refractivity contribution in [2.45, 2.75) is 26.7 Å². The molecule has 3 nitrogen and oxygen atoms in total. The molecule has 0 radical (unpaired) electrons. The van der Waals surface area contributed by atoms with Gasteiger partial charge >= 0.3 is 0 Å². The molecule has 0 aliphatic rings. The fourth-order valence-corrected chi connectivity index (χ4v) is 2.24. The van der Waals surface area contributed by atoms with Gasteiger partial charge in [-0.15, -0.1) is 0 Å². The molecular formula is C14H20Cl2N2O. The van der Waals surface area contributed by atoms with Crippen molar-refractivity contribution < 1.29 is 4.79 Å². The van der Waals surface area contributed by atoms with Crippen LogP contribution in [0.15, 0.2) is 18.2 Å². The first-order valence-corrected chi connectivity index (χ1v) is 7.30. The molecule has 5 heteroatoms. The van der Waals surface area contributed by atoms with Gasteiger partial charge in [-0.25, -0.2) is 0 Å². The Morgan fingerprint density at radius 2 is 1.84 bits per heavy atom. The second-order valence-electron chi connectivity index (χ2n) is 4.43. The molecule has 0 saturated carbocycles. The van der Waals surface area contributed by atoms with Crippen molar-refractivity contribution in [3.05, 3.63) is 28.2 Å². The van der Waals surface area contributed by atoms with E-state index in [1.54, 1.807) is 18.2 Å². The molecule has 0 aliphatic heterocycles. The summed E-state index contributed by atoms with van der Waals surface area (Å²) in [5.41, 5.74) is 0.562. The van der Waals surface area contributed by atoms with Gasteiger partial charge in [-0.3, -0.25) is 9.69 Å². The number of amides is 1. The van der Waals surface area contributed by atoms with Crippen LogP contribution in [0.4, 0.5) is 5.69 Å². The molecule has 0 aromatic heterocycles. The van der Waals surface area contributed by atoms with Crippen LogP contribution in [0.5, 0.6) is 0 Å². The van der Waals surface area contributed by atoms with Crippen molar-refractivity contribution in [1.29, 1.82) is 0 Å². The molecule has 0 aliphatic carbocycles. The Kier molecular flexibility index (Phi) is 7.21. The Morgan fingerprint density at radius 1 is 1.21 bits per heavy atom. The predicted molar refractivity (Wildman–Crippen MR) is 82.1 cm³/mol. The molecule has 1 amide bonds. The molecule has 0 saturated heterocycles. The SMILES string of the molecule is CCCN(CCC)CC(=O)Nc1cccc(Cl)c1Cl. The second-order valence-corrected chi connectivity index (χ2v) is 5.21. The third-order valence-electron chi connectivity index (χ3n) is 2.67. The largest absolute Gasteiger partial charge is 0.324 e. The zero-order chi connectivity index (χ0) is 14.3. The van der Waals surface area contributed by atoms with E-state index in [2.05, 4.69) is 24.1 Å². The number of nitrogens with zero attached hydrogens (tertiary/aromatic N) is 1. The number of hydrogen-bond donors (Lipinski definition) is 1. The van der Waals surface area contributed by atoms with E-state index in [0.717, 1.165) is 25.9 Å². The van der Waals surface area contributed by atoms with Crippen LogP contribution in [-0.2, 0) is 4.79 Å². The standard InChI is InChI=1S/C14H20Cl2N2O/c1-3-8-18(9-4-2)10-13(19)17-12-7-5-6-11(15)14(12)16/h5-7H,3-4,8-10H2,1-2H3,(H,17,19). The van der Waals surface area contributed by atoms with Crippen molar-refractivity contribution in [1.82, 2.24) is 4.90 Å². The van der Waals surface area contributed by atoms with E-state index in [1.807, 2.05) is 0 Å². The summed E-state index contributed by atoms with van der Waals surface area (Å²) in [4.78, 5) is 14.1. The molecule has 19 heavy (non-hydrogen) atoms. The van der Waals surface area contributed by atoms with Gasteiger partial charge in [-0.1, -0.05) is 43.1 Å². The van der Waals surface area contributed by atoms with Gasteiger partial charge in [0.15, 0.2) is 0 Å². The summed E-state index contributed by atoms with van der Waals surface area (Å²) in [6.45, 7) is 6.43. The van der Waals surface area contributed by atoms with Gasteiger partial charge in [0.1, 0.15) is 0 Å². The molecule has 0 heterocycles. The average Bonchev–Trinajstić information content (AvgIpc) is 2.35. The van der Waals surface area contributed by atoms with E-state index in [0.29, 0.717) is 22.3 Å². The quantitative estimate of drug-likeness (QED) is 0.824. The molecule has 0 fully saturated rings. The number of benzene rings is 1. The zero-order valence-electron chi connectivity index (χ0n) is 11.4. The average molecular weight is 303 g/mol. The number of carbonyl (C=O) groups excluding carboxylic acids is 1. The topological polar surface area (TPSA) is 32.3 Å². The Labute approximate surface area is 124 Å². The second kappa shape index (κ2) is 8.41. The lowest BCUT2D eigenvalue weighted by Crippen LogP contribution is -2.34. The highest BCUT2D eigenvalue weighted by Crippen LogP contribution is 2.29. The molecule has 1 aromatic rings. The van der Waals surface area contributed by atoms with E-state index < -0.39 is 0 Å². The van der Waals surface area contributed by atoms with Crippen LogP contribution in [-0.4, -0.2) is 30.4 Å². The summed E-state index contributed by atoms with van der Waals surface area (Å²) in [5, 5.41) is 3.63. The van der Waals surface area contributed by atoms with Crippen molar-refractivity contribution in [3.63, 3.8) is 0 Å². The van der Waals surface area contributed by atoms with Gasteiger partial charge in [0.2, 0.25) is 5.91 Å². The van der Waals surface area contributed by atoms with Crippen LogP contribution >= 0.6 is 23.2 Å². The van der Waals surface area contributed by atoms with E-state index in [4.69, 9.17) is 23.2 Å². The smallest absolute Gasteiger partial charge is 0.238 e. The Balaban J connectivity index is 2.61. The first-order chi connectivity index (χ1) is 9.08. The summed E-state index contributed by atoms with van der Waals surface area (Å²) < 4.78 is 0. The predicted octanol–water partition coefficient (Wildman–Crippen LogP) is 4.05. The zero-order valence-corrected chi connectivity index (χ0v) is 12.9. The van der Waals surface area contributed by atoms with Crippen LogP contribution in [0, 0.1) is 0 Å². The molecule has 1 aromatic carbocycles. The lowest BCUT2D eigenvalue weighted by atomic mass is 10.3.